The van der Waals surface area contributed by atoms with Gasteiger partial charge in [-0.3, -0.25) is 0 Å². The third kappa shape index (κ3) is 21.6. The number of amides is 1. The molecule has 0 aromatic carbocycles. The Morgan fingerprint density at radius 1 is 1.00 bits per heavy atom. The van der Waals surface area contributed by atoms with Crippen molar-refractivity contribution in [3.63, 3.8) is 0 Å². The fourth-order valence-corrected chi connectivity index (χ4v) is 1.25. The zero-order valence-corrected chi connectivity index (χ0v) is 14.4. The summed E-state index contributed by atoms with van der Waals surface area (Å²) in [5, 5.41) is 5.83. The lowest BCUT2D eigenvalue weighted by atomic mass is 10.2. The highest BCUT2D eigenvalue weighted by atomic mass is 16.6. The van der Waals surface area contributed by atoms with Crippen molar-refractivity contribution in [2.24, 2.45) is 5.92 Å². The topological polar surface area (TPSA) is 68.8 Å². The number of nitrogens with one attached hydrogen (secondary N) is 2. The molecule has 0 atom stereocenters. The van der Waals surface area contributed by atoms with Gasteiger partial charge in [-0.05, 0) is 19.4 Å². The highest BCUT2D eigenvalue weighted by Crippen LogP contribution is 1.86. The Bertz CT molecular complexity index is 214. The Hall–Kier alpha value is -0.850. The molecule has 0 aliphatic heterocycles. The van der Waals surface area contributed by atoms with Gasteiger partial charge in [0.15, 0.2) is 0 Å². The standard InChI is InChI=1S/C13H28N2O4.C2H6/c1-4-15-13(16)19-10-9-18-8-7-17-6-5-14-11-12(2)3;1-2/h12,14H,4-11H2,1-3H3,(H,15,16);1-2H3. The van der Waals surface area contributed by atoms with E-state index in [2.05, 4.69) is 24.5 Å². The Morgan fingerprint density at radius 3 is 2.14 bits per heavy atom. The molecule has 0 saturated heterocycles. The minimum absolute atomic E-state index is 0.266. The zero-order chi connectivity index (χ0) is 16.3. The van der Waals surface area contributed by atoms with Crippen LogP contribution >= 0.6 is 0 Å². The first-order valence-electron chi connectivity index (χ1n) is 7.93. The zero-order valence-electron chi connectivity index (χ0n) is 14.4. The number of carbonyl (C=O) groups excluding carboxylic acids is 1. The van der Waals surface area contributed by atoms with Gasteiger partial charge in [-0.1, -0.05) is 27.7 Å². The SMILES string of the molecule is CC.CCNC(=O)OCCOCCOCCNCC(C)C. The summed E-state index contributed by atoms with van der Waals surface area (Å²) in [7, 11) is 0. The summed E-state index contributed by atoms with van der Waals surface area (Å²) in [6.07, 6.45) is -0.404. The van der Waals surface area contributed by atoms with Crippen molar-refractivity contribution in [2.75, 3.05) is 52.7 Å². The van der Waals surface area contributed by atoms with Gasteiger partial charge in [0, 0.05) is 13.1 Å². The van der Waals surface area contributed by atoms with E-state index in [9.17, 15) is 4.79 Å². The lowest BCUT2D eigenvalue weighted by molar-refractivity contribution is 0.0289. The Balaban J connectivity index is 0. The fourth-order valence-electron chi connectivity index (χ4n) is 1.25. The van der Waals surface area contributed by atoms with Crippen molar-refractivity contribution < 1.29 is 19.0 Å². The van der Waals surface area contributed by atoms with Crippen molar-refractivity contribution in [2.45, 2.75) is 34.6 Å². The average molecular weight is 306 g/mol. The predicted octanol–water partition coefficient (Wildman–Crippen LogP) is 2.04. The van der Waals surface area contributed by atoms with E-state index in [-0.39, 0.29) is 6.61 Å². The van der Waals surface area contributed by atoms with Gasteiger partial charge >= 0.3 is 6.09 Å². The van der Waals surface area contributed by atoms with Gasteiger partial charge in [0.2, 0.25) is 0 Å². The Morgan fingerprint density at radius 2 is 1.57 bits per heavy atom. The second-order valence-corrected chi connectivity index (χ2v) is 4.49. The first-order chi connectivity index (χ1) is 10.2. The molecule has 0 radical (unpaired) electrons. The maximum Gasteiger partial charge on any atom is 0.407 e. The van der Waals surface area contributed by atoms with E-state index in [1.165, 1.54) is 0 Å². The molecule has 0 aromatic heterocycles. The first kappa shape index (κ1) is 22.4. The molecule has 1 amide bonds. The van der Waals surface area contributed by atoms with Crippen LogP contribution in [0.1, 0.15) is 34.6 Å². The molecule has 0 unspecified atom stereocenters. The Labute approximate surface area is 129 Å². The normalized spacial score (nSPS) is 10.0. The molecule has 6 nitrogen and oxygen atoms in total. The van der Waals surface area contributed by atoms with E-state index in [1.54, 1.807) is 0 Å². The number of rotatable bonds is 12. The molecule has 0 bridgehead atoms. The summed E-state index contributed by atoms with van der Waals surface area (Å²) >= 11 is 0. The highest BCUT2D eigenvalue weighted by Gasteiger charge is 1.98. The summed E-state index contributed by atoms with van der Waals surface area (Å²) < 4.78 is 15.5. The van der Waals surface area contributed by atoms with Crippen LogP contribution in [0.5, 0.6) is 0 Å². The smallest absolute Gasteiger partial charge is 0.407 e. The minimum atomic E-state index is -0.404. The van der Waals surface area contributed by atoms with E-state index < -0.39 is 6.09 Å². The third-order valence-corrected chi connectivity index (χ3v) is 2.13. The van der Waals surface area contributed by atoms with Gasteiger partial charge in [-0.2, -0.15) is 0 Å². The number of carbonyl (C=O) groups is 1. The van der Waals surface area contributed by atoms with Crippen molar-refractivity contribution in [1.29, 1.82) is 0 Å². The first-order valence-corrected chi connectivity index (χ1v) is 7.93. The van der Waals surface area contributed by atoms with Crippen LogP contribution in [0.4, 0.5) is 4.79 Å². The van der Waals surface area contributed by atoms with Gasteiger partial charge < -0.3 is 24.8 Å². The lowest BCUT2D eigenvalue weighted by Crippen LogP contribution is -2.25. The van der Waals surface area contributed by atoms with E-state index in [1.807, 2.05) is 20.8 Å². The van der Waals surface area contributed by atoms with Crippen LogP contribution in [0.15, 0.2) is 0 Å². The quantitative estimate of drug-likeness (QED) is 0.540. The van der Waals surface area contributed by atoms with Crippen molar-refractivity contribution >= 4 is 6.09 Å². The van der Waals surface area contributed by atoms with Gasteiger partial charge in [-0.15, -0.1) is 0 Å². The van der Waals surface area contributed by atoms with Crippen LogP contribution in [0, 0.1) is 5.92 Å². The number of ether oxygens (including phenoxy) is 3. The number of alkyl carbamates (subject to hydrolysis) is 1. The molecule has 128 valence electrons. The molecule has 0 aliphatic carbocycles. The highest BCUT2D eigenvalue weighted by molar-refractivity contribution is 5.66. The van der Waals surface area contributed by atoms with E-state index >= 15 is 0 Å². The molecule has 0 heterocycles. The monoisotopic (exact) mass is 306 g/mol. The summed E-state index contributed by atoms with van der Waals surface area (Å²) in [4.78, 5) is 10.9. The van der Waals surface area contributed by atoms with Gasteiger partial charge in [-0.25, -0.2) is 4.79 Å². The molecule has 0 spiro atoms. The number of hydrogen-bond donors (Lipinski definition) is 2. The lowest BCUT2D eigenvalue weighted by Gasteiger charge is -2.08. The minimum Gasteiger partial charge on any atom is -0.447 e. The van der Waals surface area contributed by atoms with Gasteiger partial charge in [0.05, 0.1) is 26.4 Å². The summed E-state index contributed by atoms with van der Waals surface area (Å²) in [5.41, 5.74) is 0. The van der Waals surface area contributed by atoms with Crippen LogP contribution < -0.4 is 10.6 Å². The predicted molar refractivity (Wildman–Crippen MR) is 85.7 cm³/mol. The molecule has 0 fully saturated rings. The summed E-state index contributed by atoms with van der Waals surface area (Å²) in [5.74, 6) is 0.660. The van der Waals surface area contributed by atoms with E-state index in [4.69, 9.17) is 14.2 Å². The fraction of sp³-hybridized carbons (Fsp3) is 0.933. The largest absolute Gasteiger partial charge is 0.447 e. The van der Waals surface area contributed by atoms with Crippen molar-refractivity contribution in [3.05, 3.63) is 0 Å². The summed E-state index contributed by atoms with van der Waals surface area (Å²) in [6, 6.07) is 0. The molecule has 6 heteroatoms. The van der Waals surface area contributed by atoms with Crippen LogP contribution in [0.2, 0.25) is 0 Å². The molecule has 0 saturated carbocycles. The maximum absolute atomic E-state index is 10.9. The van der Waals surface area contributed by atoms with Crippen LogP contribution in [0.3, 0.4) is 0 Å². The maximum atomic E-state index is 10.9. The van der Waals surface area contributed by atoms with Gasteiger partial charge in [0.1, 0.15) is 6.61 Å². The number of hydrogen-bond acceptors (Lipinski definition) is 5. The van der Waals surface area contributed by atoms with Crippen LogP contribution in [-0.4, -0.2) is 58.8 Å². The second kappa shape index (κ2) is 19.1. The van der Waals surface area contributed by atoms with Crippen LogP contribution in [0.25, 0.3) is 0 Å². The molecular formula is C15H34N2O4. The molecule has 2 N–H and O–H groups in total. The van der Waals surface area contributed by atoms with Crippen LogP contribution in [-0.2, 0) is 14.2 Å². The Kier molecular flexibility index (Phi) is 20.5. The second-order valence-electron chi connectivity index (χ2n) is 4.49. The van der Waals surface area contributed by atoms with Crippen molar-refractivity contribution in [1.82, 2.24) is 10.6 Å². The van der Waals surface area contributed by atoms with E-state index in [0.29, 0.717) is 38.9 Å². The van der Waals surface area contributed by atoms with Gasteiger partial charge in [0.25, 0.3) is 0 Å². The van der Waals surface area contributed by atoms with E-state index in [0.717, 1.165) is 13.1 Å². The molecule has 0 aliphatic rings. The molecule has 0 rings (SSSR count). The average Bonchev–Trinajstić information content (AvgIpc) is 2.47. The third-order valence-electron chi connectivity index (χ3n) is 2.13. The molecular weight excluding hydrogens is 272 g/mol. The molecule has 0 aromatic rings. The molecule has 21 heavy (non-hydrogen) atoms. The van der Waals surface area contributed by atoms with Crippen molar-refractivity contribution in [3.8, 4) is 0 Å². The summed E-state index contributed by atoms with van der Waals surface area (Å²) in [6.45, 7) is 15.0.